The molecule has 0 amide bonds. The molecule has 174 valence electrons. The maximum absolute atomic E-state index is 13.5. The van der Waals surface area contributed by atoms with Gasteiger partial charge in [-0.05, 0) is 36.4 Å². The lowest BCUT2D eigenvalue weighted by atomic mass is 10.00. The van der Waals surface area contributed by atoms with Gasteiger partial charge in [0, 0.05) is 22.2 Å². The zero-order valence-corrected chi connectivity index (χ0v) is 17.8. The molecule has 0 aliphatic carbocycles. The molecule has 0 aliphatic heterocycles. The first-order chi connectivity index (χ1) is 15.3. The molecule has 3 rings (SSSR count). The summed E-state index contributed by atoms with van der Waals surface area (Å²) in [7, 11) is -5.44. The fraction of sp³-hybridized carbons (Fsp3) is 0.100. The first kappa shape index (κ1) is 24.7. The summed E-state index contributed by atoms with van der Waals surface area (Å²) in [5.41, 5.74) is -3.45. The van der Waals surface area contributed by atoms with Gasteiger partial charge in [0.25, 0.3) is 11.0 Å². The molecule has 0 fully saturated rings. The van der Waals surface area contributed by atoms with E-state index in [1.807, 2.05) is 0 Å². The molecule has 0 heterocycles. The van der Waals surface area contributed by atoms with E-state index < -0.39 is 46.9 Å². The number of hydrogen-bond acceptors (Lipinski definition) is 4. The minimum Gasteiger partial charge on any atom is -0.465 e. The Morgan fingerprint density at radius 3 is 1.91 bits per heavy atom. The molecule has 0 aliphatic rings. The third-order valence-corrected chi connectivity index (χ3v) is 6.30. The second-order valence-electron chi connectivity index (χ2n) is 6.74. The number of nitrogens with zero attached hydrogens (tertiary/aromatic N) is 1. The standard InChI is InChI=1S/C20H13ClF4NO6P/c21-14-5-1-12(2-6-14)19(33(29,30)31,13-3-7-15(22)8-4-13)32-16-9-10-18(26(27)28)17(11-16)20(23,24)25/h1-11H,(H2,29,30,31). The number of nitro groups is 1. The minimum atomic E-state index is -5.44. The second-order valence-corrected chi connectivity index (χ2v) is 8.89. The monoisotopic (exact) mass is 505 g/mol. The largest absolute Gasteiger partial charge is 0.465 e. The highest BCUT2D eigenvalue weighted by atomic mass is 35.5. The molecule has 0 bridgehead atoms. The Labute approximate surface area is 188 Å². The van der Waals surface area contributed by atoms with Crippen LogP contribution >= 0.6 is 19.2 Å². The smallest absolute Gasteiger partial charge is 0.423 e. The van der Waals surface area contributed by atoms with Crippen LogP contribution in [0.3, 0.4) is 0 Å². The van der Waals surface area contributed by atoms with E-state index in [-0.39, 0.29) is 22.2 Å². The van der Waals surface area contributed by atoms with Crippen LogP contribution in [0.15, 0.2) is 66.7 Å². The molecule has 1 unspecified atom stereocenters. The molecule has 3 aromatic carbocycles. The molecule has 0 radical (unpaired) electrons. The van der Waals surface area contributed by atoms with E-state index in [0.29, 0.717) is 6.07 Å². The highest BCUT2D eigenvalue weighted by Gasteiger charge is 2.53. The van der Waals surface area contributed by atoms with Gasteiger partial charge in [0.05, 0.1) is 4.92 Å². The lowest BCUT2D eigenvalue weighted by Gasteiger charge is -2.35. The molecule has 7 nitrogen and oxygen atoms in total. The van der Waals surface area contributed by atoms with Crippen LogP contribution in [-0.2, 0) is 16.1 Å². The van der Waals surface area contributed by atoms with Crippen LogP contribution in [0.1, 0.15) is 16.7 Å². The van der Waals surface area contributed by atoms with Gasteiger partial charge < -0.3 is 14.5 Å². The van der Waals surface area contributed by atoms with Gasteiger partial charge >= 0.3 is 13.8 Å². The SMILES string of the molecule is O=[N+]([O-])c1ccc(OC(c2ccc(F)cc2)(c2ccc(Cl)cc2)P(=O)(O)O)cc1C(F)(F)F. The van der Waals surface area contributed by atoms with Gasteiger partial charge in [-0.2, -0.15) is 13.2 Å². The highest BCUT2D eigenvalue weighted by molar-refractivity contribution is 7.53. The number of ether oxygens (including phenoxy) is 1. The molecule has 13 heteroatoms. The maximum atomic E-state index is 13.5. The summed E-state index contributed by atoms with van der Waals surface area (Å²) in [6, 6.07) is 10.2. The highest BCUT2D eigenvalue weighted by Crippen LogP contribution is 2.61. The normalized spacial score (nSPS) is 13.9. The average Bonchev–Trinajstić information content (AvgIpc) is 2.71. The first-order valence-electron chi connectivity index (χ1n) is 8.88. The molecule has 1 atom stereocenters. The predicted molar refractivity (Wildman–Crippen MR) is 109 cm³/mol. The number of halogens is 5. The van der Waals surface area contributed by atoms with Gasteiger partial charge in [-0.15, -0.1) is 0 Å². The molecule has 0 saturated heterocycles. The van der Waals surface area contributed by atoms with Crippen molar-refractivity contribution in [1.82, 2.24) is 0 Å². The van der Waals surface area contributed by atoms with Crippen molar-refractivity contribution in [2.75, 3.05) is 0 Å². The van der Waals surface area contributed by atoms with Gasteiger partial charge in [-0.25, -0.2) is 4.39 Å². The molecule has 33 heavy (non-hydrogen) atoms. The summed E-state index contributed by atoms with van der Waals surface area (Å²) >= 11 is 5.85. The van der Waals surface area contributed by atoms with Crippen LogP contribution in [0.2, 0.25) is 5.02 Å². The van der Waals surface area contributed by atoms with E-state index in [0.717, 1.165) is 30.3 Å². The van der Waals surface area contributed by atoms with Crippen molar-refractivity contribution in [2.24, 2.45) is 0 Å². The van der Waals surface area contributed by atoms with Crippen molar-refractivity contribution in [2.45, 2.75) is 11.5 Å². The minimum absolute atomic E-state index is 0.187. The summed E-state index contributed by atoms with van der Waals surface area (Å²) in [5.74, 6) is -1.47. The number of hydrogen-bond donors (Lipinski definition) is 2. The van der Waals surface area contributed by atoms with E-state index in [2.05, 4.69) is 0 Å². The summed E-state index contributed by atoms with van der Waals surface area (Å²) in [6.45, 7) is 0. The summed E-state index contributed by atoms with van der Waals surface area (Å²) < 4.78 is 72.1. The van der Waals surface area contributed by atoms with E-state index >= 15 is 0 Å². The van der Waals surface area contributed by atoms with Gasteiger partial charge in [0.15, 0.2) is 0 Å². The Morgan fingerprint density at radius 2 is 1.45 bits per heavy atom. The lowest BCUT2D eigenvalue weighted by molar-refractivity contribution is -0.388. The topological polar surface area (TPSA) is 110 Å². The fourth-order valence-electron chi connectivity index (χ4n) is 3.17. The van der Waals surface area contributed by atoms with E-state index in [1.54, 1.807) is 0 Å². The van der Waals surface area contributed by atoms with E-state index in [4.69, 9.17) is 16.3 Å². The maximum Gasteiger partial charge on any atom is 0.423 e. The molecular formula is C20H13ClF4NO6P. The van der Waals surface area contributed by atoms with Gasteiger partial charge in [0.1, 0.15) is 17.1 Å². The number of alkyl halides is 3. The first-order valence-corrected chi connectivity index (χ1v) is 10.9. The van der Waals surface area contributed by atoms with Crippen molar-refractivity contribution < 1.29 is 41.6 Å². The molecule has 0 aromatic heterocycles. The number of nitro benzene ring substituents is 1. The van der Waals surface area contributed by atoms with Gasteiger partial charge in [-0.1, -0.05) is 35.9 Å². The lowest BCUT2D eigenvalue weighted by Crippen LogP contribution is -2.34. The van der Waals surface area contributed by atoms with Crippen LogP contribution < -0.4 is 4.74 Å². The summed E-state index contributed by atoms with van der Waals surface area (Å²) in [6.07, 6.45) is -5.16. The van der Waals surface area contributed by atoms with E-state index in [9.17, 15) is 42.0 Å². The third kappa shape index (κ3) is 4.86. The van der Waals surface area contributed by atoms with Crippen molar-refractivity contribution in [3.63, 3.8) is 0 Å². The quantitative estimate of drug-likeness (QED) is 0.188. The van der Waals surface area contributed by atoms with Crippen LogP contribution in [0.4, 0.5) is 23.2 Å². The number of rotatable bonds is 6. The van der Waals surface area contributed by atoms with Crippen molar-refractivity contribution >= 4 is 24.9 Å². The van der Waals surface area contributed by atoms with Crippen LogP contribution in [0.25, 0.3) is 0 Å². The fourth-order valence-corrected chi connectivity index (χ4v) is 4.49. The van der Waals surface area contributed by atoms with Gasteiger partial charge in [-0.3, -0.25) is 14.7 Å². The van der Waals surface area contributed by atoms with Crippen molar-refractivity contribution in [1.29, 1.82) is 0 Å². The Bertz CT molecular complexity index is 1180. The number of benzene rings is 3. The molecule has 0 spiro atoms. The Morgan fingerprint density at radius 1 is 0.939 bits per heavy atom. The van der Waals surface area contributed by atoms with Crippen LogP contribution in [0, 0.1) is 15.9 Å². The predicted octanol–water partition coefficient (Wildman–Crippen LogP) is 5.86. The average molecular weight is 506 g/mol. The zero-order chi connectivity index (χ0) is 24.6. The Kier molecular flexibility index (Phi) is 6.54. The molecule has 2 N–H and O–H groups in total. The summed E-state index contributed by atoms with van der Waals surface area (Å²) in [5, 5.41) is 8.48. The third-order valence-electron chi connectivity index (χ3n) is 4.62. The summed E-state index contributed by atoms with van der Waals surface area (Å²) in [4.78, 5) is 30.4. The molecular weight excluding hydrogens is 493 g/mol. The van der Waals surface area contributed by atoms with Crippen molar-refractivity contribution in [3.8, 4) is 5.75 Å². The molecule has 3 aromatic rings. The zero-order valence-electron chi connectivity index (χ0n) is 16.2. The van der Waals surface area contributed by atoms with E-state index in [1.165, 1.54) is 24.3 Å². The molecule has 0 saturated carbocycles. The van der Waals surface area contributed by atoms with Crippen molar-refractivity contribution in [3.05, 3.63) is 104 Å². The van der Waals surface area contributed by atoms with Gasteiger partial charge in [0.2, 0.25) is 0 Å². The Hall–Kier alpha value is -2.98. The van der Waals surface area contributed by atoms with Crippen LogP contribution in [-0.4, -0.2) is 14.7 Å². The Balaban J connectivity index is 2.31. The van der Waals surface area contributed by atoms with Crippen LogP contribution in [0.5, 0.6) is 5.75 Å². The second kappa shape index (κ2) is 8.75.